The molecule has 4 heteroatoms. The van der Waals surface area contributed by atoms with Gasteiger partial charge in [0.1, 0.15) is 5.60 Å². The Morgan fingerprint density at radius 1 is 1.29 bits per heavy atom. The summed E-state index contributed by atoms with van der Waals surface area (Å²) in [5.41, 5.74) is 3.31. The van der Waals surface area contributed by atoms with Crippen LogP contribution in [0, 0.1) is 0 Å². The molecule has 1 amide bonds. The van der Waals surface area contributed by atoms with Gasteiger partial charge in [0.05, 0.1) is 0 Å². The maximum absolute atomic E-state index is 11.5. The minimum atomic E-state index is -0.475. The van der Waals surface area contributed by atoms with Crippen molar-refractivity contribution in [1.29, 1.82) is 0 Å². The molecule has 0 unspecified atom stereocenters. The van der Waals surface area contributed by atoms with Gasteiger partial charge in [0, 0.05) is 13.6 Å². The van der Waals surface area contributed by atoms with Crippen LogP contribution in [0.5, 0.6) is 0 Å². The molecule has 0 aliphatic rings. The molecule has 1 aromatic rings. The van der Waals surface area contributed by atoms with E-state index >= 15 is 0 Å². The van der Waals surface area contributed by atoms with Crippen LogP contribution in [-0.4, -0.2) is 23.8 Å². The fourth-order valence-corrected chi connectivity index (χ4v) is 1.35. The second-order valence-electron chi connectivity index (χ2n) is 4.96. The molecule has 0 saturated heterocycles. The lowest BCUT2D eigenvalue weighted by Gasteiger charge is -2.23. The molecule has 0 aliphatic carbocycles. The van der Waals surface area contributed by atoms with E-state index in [1.165, 1.54) is 0 Å². The van der Waals surface area contributed by atoms with Gasteiger partial charge in [0.25, 0.3) is 0 Å². The van der Waals surface area contributed by atoms with Crippen LogP contribution in [0.15, 0.2) is 30.3 Å². The van der Waals surface area contributed by atoms with Gasteiger partial charge in [0.2, 0.25) is 0 Å². The Morgan fingerprint density at radius 3 is 2.41 bits per heavy atom. The summed E-state index contributed by atoms with van der Waals surface area (Å²) in [4.78, 5) is 11.5. The van der Waals surface area contributed by atoms with Crippen LogP contribution in [-0.2, 0) is 11.3 Å². The lowest BCUT2D eigenvalue weighted by atomic mass is 10.2. The standard InChI is InChI=1S/C13H20N2O2/c1-13(2,3)17-12(16)14-15(4)10-11-8-6-5-7-9-11/h5-9H,10H2,1-4H3,(H,14,16). The SMILES string of the molecule is CN(Cc1ccccc1)NC(=O)OC(C)(C)C. The lowest BCUT2D eigenvalue weighted by Crippen LogP contribution is -2.42. The number of amides is 1. The number of ether oxygens (including phenoxy) is 1. The number of rotatable bonds is 3. The van der Waals surface area contributed by atoms with Crippen LogP contribution in [0.25, 0.3) is 0 Å². The fourth-order valence-electron chi connectivity index (χ4n) is 1.35. The molecule has 1 rings (SSSR count). The second-order valence-corrected chi connectivity index (χ2v) is 4.96. The number of carbonyl (C=O) groups excluding carboxylic acids is 1. The average Bonchev–Trinajstić information content (AvgIpc) is 2.15. The molecule has 17 heavy (non-hydrogen) atoms. The van der Waals surface area contributed by atoms with Crippen LogP contribution >= 0.6 is 0 Å². The van der Waals surface area contributed by atoms with E-state index in [9.17, 15) is 4.79 Å². The maximum atomic E-state index is 11.5. The molecule has 1 aromatic carbocycles. The molecule has 0 aliphatic heterocycles. The molecular weight excluding hydrogens is 216 g/mol. The Kier molecular flexibility index (Phi) is 4.52. The van der Waals surface area contributed by atoms with Crippen molar-refractivity contribution in [1.82, 2.24) is 10.4 Å². The van der Waals surface area contributed by atoms with E-state index in [0.717, 1.165) is 5.56 Å². The van der Waals surface area contributed by atoms with Crippen LogP contribution < -0.4 is 5.43 Å². The molecule has 0 bridgehead atoms. The fraction of sp³-hybridized carbons (Fsp3) is 0.462. The van der Waals surface area contributed by atoms with Gasteiger partial charge in [-0.05, 0) is 26.3 Å². The Hall–Kier alpha value is -1.55. The van der Waals surface area contributed by atoms with Gasteiger partial charge in [-0.25, -0.2) is 9.80 Å². The van der Waals surface area contributed by atoms with Gasteiger partial charge in [-0.15, -0.1) is 0 Å². The summed E-state index contributed by atoms with van der Waals surface area (Å²) in [5.74, 6) is 0. The zero-order valence-electron chi connectivity index (χ0n) is 10.9. The summed E-state index contributed by atoms with van der Waals surface area (Å²) >= 11 is 0. The van der Waals surface area contributed by atoms with E-state index in [2.05, 4.69) is 5.43 Å². The summed E-state index contributed by atoms with van der Waals surface area (Å²) in [6, 6.07) is 9.92. The maximum Gasteiger partial charge on any atom is 0.422 e. The second kappa shape index (κ2) is 5.68. The highest BCUT2D eigenvalue weighted by Gasteiger charge is 2.16. The number of nitrogens with one attached hydrogen (secondary N) is 1. The van der Waals surface area contributed by atoms with Crippen molar-refractivity contribution >= 4 is 6.09 Å². The van der Waals surface area contributed by atoms with E-state index in [4.69, 9.17) is 4.74 Å². The third kappa shape index (κ3) is 5.92. The summed E-state index contributed by atoms with van der Waals surface area (Å²) in [6.45, 7) is 6.15. The summed E-state index contributed by atoms with van der Waals surface area (Å²) in [7, 11) is 1.80. The van der Waals surface area contributed by atoms with Crippen LogP contribution in [0.1, 0.15) is 26.3 Å². The number of carbonyl (C=O) groups is 1. The highest BCUT2D eigenvalue weighted by atomic mass is 16.6. The highest BCUT2D eigenvalue weighted by Crippen LogP contribution is 2.07. The van der Waals surface area contributed by atoms with Crippen molar-refractivity contribution < 1.29 is 9.53 Å². The van der Waals surface area contributed by atoms with E-state index in [1.54, 1.807) is 12.1 Å². The molecule has 0 heterocycles. The first-order chi connectivity index (χ1) is 7.87. The first-order valence-electron chi connectivity index (χ1n) is 5.61. The number of hydrazine groups is 1. The van der Waals surface area contributed by atoms with E-state index in [1.807, 2.05) is 51.1 Å². The number of nitrogens with zero attached hydrogens (tertiary/aromatic N) is 1. The minimum Gasteiger partial charge on any atom is -0.443 e. The van der Waals surface area contributed by atoms with Gasteiger partial charge in [-0.1, -0.05) is 30.3 Å². The lowest BCUT2D eigenvalue weighted by molar-refractivity contribution is 0.0359. The quantitative estimate of drug-likeness (QED) is 0.820. The van der Waals surface area contributed by atoms with Crippen molar-refractivity contribution in [3.8, 4) is 0 Å². The number of benzene rings is 1. The van der Waals surface area contributed by atoms with E-state index in [-0.39, 0.29) is 0 Å². The Labute approximate surface area is 103 Å². The molecule has 4 nitrogen and oxygen atoms in total. The van der Waals surface area contributed by atoms with Crippen molar-refractivity contribution in [3.05, 3.63) is 35.9 Å². The zero-order chi connectivity index (χ0) is 12.9. The third-order valence-corrected chi connectivity index (χ3v) is 1.94. The van der Waals surface area contributed by atoms with Crippen LogP contribution in [0.4, 0.5) is 4.79 Å². The molecule has 0 atom stereocenters. The monoisotopic (exact) mass is 236 g/mol. The van der Waals surface area contributed by atoms with Gasteiger partial charge < -0.3 is 4.74 Å². The molecule has 0 aromatic heterocycles. The summed E-state index contributed by atoms with van der Waals surface area (Å²) in [5, 5.41) is 1.70. The first-order valence-corrected chi connectivity index (χ1v) is 5.61. The number of hydrogen-bond acceptors (Lipinski definition) is 3. The van der Waals surface area contributed by atoms with Gasteiger partial charge in [-0.2, -0.15) is 0 Å². The molecule has 1 N–H and O–H groups in total. The van der Waals surface area contributed by atoms with Gasteiger partial charge in [-0.3, -0.25) is 5.43 Å². The van der Waals surface area contributed by atoms with Gasteiger partial charge >= 0.3 is 6.09 Å². The molecule has 0 fully saturated rings. The van der Waals surface area contributed by atoms with Gasteiger partial charge in [0.15, 0.2) is 0 Å². The van der Waals surface area contributed by atoms with E-state index in [0.29, 0.717) is 6.54 Å². The first kappa shape index (κ1) is 13.5. The van der Waals surface area contributed by atoms with Crippen molar-refractivity contribution in [2.45, 2.75) is 32.9 Å². The smallest absolute Gasteiger partial charge is 0.422 e. The summed E-state index contributed by atoms with van der Waals surface area (Å²) < 4.78 is 5.15. The van der Waals surface area contributed by atoms with Crippen LogP contribution in [0.3, 0.4) is 0 Å². The Bertz CT molecular complexity index is 357. The minimum absolute atomic E-state index is 0.434. The Balaban J connectivity index is 2.40. The predicted molar refractivity (Wildman–Crippen MR) is 67.3 cm³/mol. The molecular formula is C13H20N2O2. The molecule has 0 spiro atoms. The van der Waals surface area contributed by atoms with Crippen LogP contribution in [0.2, 0.25) is 0 Å². The molecule has 0 radical (unpaired) electrons. The number of hydrogen-bond donors (Lipinski definition) is 1. The highest BCUT2D eigenvalue weighted by molar-refractivity contribution is 5.66. The predicted octanol–water partition coefficient (Wildman–Crippen LogP) is 2.56. The summed E-state index contributed by atoms with van der Waals surface area (Å²) in [6.07, 6.45) is -0.434. The normalized spacial score (nSPS) is 11.4. The molecule has 0 saturated carbocycles. The van der Waals surface area contributed by atoms with Crippen molar-refractivity contribution in [2.24, 2.45) is 0 Å². The zero-order valence-corrected chi connectivity index (χ0v) is 10.9. The Morgan fingerprint density at radius 2 is 1.88 bits per heavy atom. The van der Waals surface area contributed by atoms with E-state index < -0.39 is 11.7 Å². The topological polar surface area (TPSA) is 41.6 Å². The average molecular weight is 236 g/mol. The van der Waals surface area contributed by atoms with Crippen molar-refractivity contribution in [3.63, 3.8) is 0 Å². The largest absolute Gasteiger partial charge is 0.443 e. The van der Waals surface area contributed by atoms with Crippen molar-refractivity contribution in [2.75, 3.05) is 7.05 Å². The third-order valence-electron chi connectivity index (χ3n) is 1.94. The molecule has 94 valence electrons.